The molecule has 3 heterocycles. The number of carbonyl (C=O) groups is 2. The fourth-order valence-corrected chi connectivity index (χ4v) is 5.01. The highest BCUT2D eigenvalue weighted by molar-refractivity contribution is 5.87. The molecule has 7 heteroatoms. The summed E-state index contributed by atoms with van der Waals surface area (Å²) >= 11 is 0. The van der Waals surface area contributed by atoms with Gasteiger partial charge in [0.1, 0.15) is 5.82 Å². The number of benzene rings is 1. The second-order valence-corrected chi connectivity index (χ2v) is 7.94. The molecule has 3 atom stereocenters. The van der Waals surface area contributed by atoms with Crippen LogP contribution in [0.5, 0.6) is 0 Å². The van der Waals surface area contributed by atoms with Crippen LogP contribution in [0.25, 0.3) is 0 Å². The van der Waals surface area contributed by atoms with Gasteiger partial charge in [0.2, 0.25) is 11.8 Å². The summed E-state index contributed by atoms with van der Waals surface area (Å²) in [6, 6.07) is 9.97. The molecule has 2 amide bonds. The van der Waals surface area contributed by atoms with Crippen LogP contribution in [0.3, 0.4) is 0 Å². The van der Waals surface area contributed by atoms with E-state index in [1.165, 1.54) is 0 Å². The van der Waals surface area contributed by atoms with Crippen molar-refractivity contribution in [1.29, 1.82) is 0 Å². The third-order valence-electron chi connectivity index (χ3n) is 6.36. The number of H-pyrrole nitrogens is 1. The number of nitrogens with zero attached hydrogens (tertiary/aromatic N) is 3. The zero-order chi connectivity index (χ0) is 19.7. The van der Waals surface area contributed by atoms with Crippen molar-refractivity contribution in [2.45, 2.75) is 64.6 Å². The van der Waals surface area contributed by atoms with E-state index in [0.29, 0.717) is 18.8 Å². The Bertz CT molecular complexity index is 865. The SMILES string of the molecule is CC[C@@]1(C(=O)NCc2n[nH]c(C)n2)C[C@@H]2CC[C@H]1N2C(=O)Cc1ccccc1. The summed E-state index contributed by atoms with van der Waals surface area (Å²) in [5.41, 5.74) is 0.506. The van der Waals surface area contributed by atoms with Gasteiger partial charge in [-0.3, -0.25) is 14.7 Å². The van der Waals surface area contributed by atoms with Gasteiger partial charge in [-0.05, 0) is 38.2 Å². The standard InChI is InChI=1S/C21H27N5O2/c1-3-21(20(28)22-13-18-23-14(2)24-25-18)12-16-9-10-17(21)26(16)19(27)11-15-7-5-4-6-8-15/h4-8,16-17H,3,9-13H2,1-2H3,(H,22,28)(H,23,24,25)/t16-,17+,21+/m0/s1. The van der Waals surface area contributed by atoms with E-state index in [4.69, 9.17) is 0 Å². The Morgan fingerprint density at radius 2 is 2.07 bits per heavy atom. The Morgan fingerprint density at radius 3 is 2.75 bits per heavy atom. The van der Waals surface area contributed by atoms with Crippen molar-refractivity contribution in [2.24, 2.45) is 5.41 Å². The molecule has 28 heavy (non-hydrogen) atoms. The molecule has 4 rings (SSSR count). The van der Waals surface area contributed by atoms with Crippen molar-refractivity contribution < 1.29 is 9.59 Å². The maximum Gasteiger partial charge on any atom is 0.228 e. The normalized spacial score (nSPS) is 25.9. The maximum absolute atomic E-state index is 13.2. The minimum absolute atomic E-state index is 0.0159. The second-order valence-electron chi connectivity index (χ2n) is 7.94. The third kappa shape index (κ3) is 3.19. The number of hydrogen-bond donors (Lipinski definition) is 2. The lowest BCUT2D eigenvalue weighted by Crippen LogP contribution is -2.49. The number of carbonyl (C=O) groups excluding carboxylic acids is 2. The van der Waals surface area contributed by atoms with Crippen LogP contribution in [-0.2, 0) is 22.6 Å². The molecule has 0 unspecified atom stereocenters. The second kappa shape index (κ2) is 7.37. The van der Waals surface area contributed by atoms with Gasteiger partial charge in [0.15, 0.2) is 5.82 Å². The van der Waals surface area contributed by atoms with Crippen LogP contribution in [0.1, 0.15) is 49.8 Å². The number of amides is 2. The minimum atomic E-state index is -0.513. The monoisotopic (exact) mass is 381 g/mol. The lowest BCUT2D eigenvalue weighted by atomic mass is 9.71. The van der Waals surface area contributed by atoms with Crippen LogP contribution in [0.4, 0.5) is 0 Å². The van der Waals surface area contributed by atoms with E-state index in [1.807, 2.05) is 42.2 Å². The van der Waals surface area contributed by atoms with Gasteiger partial charge in [0, 0.05) is 12.1 Å². The molecule has 0 saturated carbocycles. The van der Waals surface area contributed by atoms with E-state index < -0.39 is 5.41 Å². The third-order valence-corrected chi connectivity index (χ3v) is 6.36. The molecular weight excluding hydrogens is 354 g/mol. The molecule has 1 aromatic heterocycles. The van der Waals surface area contributed by atoms with Crippen LogP contribution < -0.4 is 5.32 Å². The molecule has 2 saturated heterocycles. The van der Waals surface area contributed by atoms with E-state index >= 15 is 0 Å². The summed E-state index contributed by atoms with van der Waals surface area (Å²) in [5.74, 6) is 1.46. The van der Waals surface area contributed by atoms with Crippen molar-refractivity contribution in [2.75, 3.05) is 0 Å². The molecule has 0 aliphatic carbocycles. The average Bonchev–Trinajstić information content (AvgIpc) is 3.40. The topological polar surface area (TPSA) is 91.0 Å². The van der Waals surface area contributed by atoms with E-state index in [0.717, 1.165) is 37.1 Å². The first-order valence-electron chi connectivity index (χ1n) is 10.0. The van der Waals surface area contributed by atoms with Crippen LogP contribution >= 0.6 is 0 Å². The molecular formula is C21H27N5O2. The van der Waals surface area contributed by atoms with E-state index in [1.54, 1.807) is 0 Å². The molecule has 2 N–H and O–H groups in total. The summed E-state index contributed by atoms with van der Waals surface area (Å²) in [7, 11) is 0. The lowest BCUT2D eigenvalue weighted by molar-refractivity contribution is -0.136. The van der Waals surface area contributed by atoms with Crippen LogP contribution in [0.2, 0.25) is 0 Å². The Hall–Kier alpha value is -2.70. The Balaban J connectivity index is 1.47. The van der Waals surface area contributed by atoms with Crippen molar-refractivity contribution in [3.05, 3.63) is 47.5 Å². The fourth-order valence-electron chi connectivity index (χ4n) is 5.01. The summed E-state index contributed by atoms with van der Waals surface area (Å²) in [5, 5.41) is 9.90. The zero-order valence-corrected chi connectivity index (χ0v) is 16.4. The lowest BCUT2D eigenvalue weighted by Gasteiger charge is -2.35. The minimum Gasteiger partial charge on any atom is -0.348 e. The average molecular weight is 381 g/mol. The van der Waals surface area contributed by atoms with Crippen molar-refractivity contribution >= 4 is 11.8 Å². The Labute approximate surface area is 164 Å². The molecule has 7 nitrogen and oxygen atoms in total. The Kier molecular flexibility index (Phi) is 4.91. The van der Waals surface area contributed by atoms with Gasteiger partial charge in [-0.1, -0.05) is 37.3 Å². The highest BCUT2D eigenvalue weighted by Crippen LogP contribution is 2.52. The van der Waals surface area contributed by atoms with Gasteiger partial charge < -0.3 is 10.2 Å². The molecule has 2 bridgehead atoms. The van der Waals surface area contributed by atoms with Gasteiger partial charge >= 0.3 is 0 Å². The van der Waals surface area contributed by atoms with E-state index in [2.05, 4.69) is 27.4 Å². The number of aryl methyl sites for hydroxylation is 1. The molecule has 2 aliphatic rings. The summed E-state index contributed by atoms with van der Waals surface area (Å²) in [6.45, 7) is 4.19. The van der Waals surface area contributed by atoms with Crippen molar-refractivity contribution in [1.82, 2.24) is 25.4 Å². The molecule has 1 aromatic carbocycles. The number of aromatic nitrogens is 3. The molecule has 2 aromatic rings. The molecule has 0 radical (unpaired) electrons. The number of hydrogen-bond acceptors (Lipinski definition) is 4. The highest BCUT2D eigenvalue weighted by Gasteiger charge is 2.59. The highest BCUT2D eigenvalue weighted by atomic mass is 16.2. The first kappa shape index (κ1) is 18.7. The number of aromatic amines is 1. The Morgan fingerprint density at radius 1 is 1.29 bits per heavy atom. The van der Waals surface area contributed by atoms with Crippen LogP contribution in [0, 0.1) is 12.3 Å². The number of rotatable bonds is 6. The van der Waals surface area contributed by atoms with E-state index in [-0.39, 0.29) is 23.9 Å². The van der Waals surface area contributed by atoms with Gasteiger partial charge in [-0.25, -0.2) is 4.98 Å². The molecule has 2 aliphatic heterocycles. The van der Waals surface area contributed by atoms with Crippen molar-refractivity contribution in [3.63, 3.8) is 0 Å². The predicted molar refractivity (Wildman–Crippen MR) is 104 cm³/mol. The van der Waals surface area contributed by atoms with E-state index in [9.17, 15) is 9.59 Å². The number of nitrogens with one attached hydrogen (secondary N) is 2. The first-order chi connectivity index (χ1) is 13.5. The van der Waals surface area contributed by atoms with Crippen LogP contribution in [-0.4, -0.2) is 44.0 Å². The summed E-state index contributed by atoms with van der Waals surface area (Å²) in [6.07, 6.45) is 3.74. The molecule has 2 fully saturated rings. The fraction of sp³-hybridized carbons (Fsp3) is 0.524. The van der Waals surface area contributed by atoms with Gasteiger partial charge in [-0.2, -0.15) is 5.10 Å². The maximum atomic E-state index is 13.2. The number of fused-ring (bicyclic) bond motifs is 2. The summed E-state index contributed by atoms with van der Waals surface area (Å²) in [4.78, 5) is 32.5. The molecule has 148 valence electrons. The first-order valence-corrected chi connectivity index (χ1v) is 10.0. The largest absolute Gasteiger partial charge is 0.348 e. The predicted octanol–water partition coefficient (Wildman–Crippen LogP) is 2.13. The van der Waals surface area contributed by atoms with Gasteiger partial charge in [0.25, 0.3) is 0 Å². The van der Waals surface area contributed by atoms with Crippen molar-refractivity contribution in [3.8, 4) is 0 Å². The molecule has 0 spiro atoms. The van der Waals surface area contributed by atoms with Gasteiger partial charge in [-0.15, -0.1) is 0 Å². The smallest absolute Gasteiger partial charge is 0.228 e. The van der Waals surface area contributed by atoms with Crippen LogP contribution in [0.15, 0.2) is 30.3 Å². The van der Waals surface area contributed by atoms with Gasteiger partial charge in [0.05, 0.1) is 18.4 Å². The quantitative estimate of drug-likeness (QED) is 0.802. The zero-order valence-electron chi connectivity index (χ0n) is 16.4. The summed E-state index contributed by atoms with van der Waals surface area (Å²) < 4.78 is 0.